The summed E-state index contributed by atoms with van der Waals surface area (Å²) in [4.78, 5) is 26.4. The van der Waals surface area contributed by atoms with E-state index in [0.29, 0.717) is 31.0 Å². The molecule has 0 aliphatic rings. The molecule has 2 rings (SSSR count). The quantitative estimate of drug-likeness (QED) is 0.436. The number of nitrogens with zero attached hydrogens (tertiary/aromatic N) is 1. The van der Waals surface area contributed by atoms with Gasteiger partial charge in [-0.25, -0.2) is 0 Å². The molecule has 2 aromatic rings. The third-order valence-corrected chi connectivity index (χ3v) is 4.98. The van der Waals surface area contributed by atoms with Crippen molar-refractivity contribution in [2.45, 2.75) is 46.3 Å². The standard InChI is InChI=1S/C24H30N2O4S/c1-4-18(3)30-21-13-9-12-20(16-21)23(28)25-24(31)26(15-14-22(27)29-5-2)17-19-10-7-6-8-11-19/h6-13,16,18H,4-5,14-15,17H2,1-3H3,(H,25,28,31). The normalized spacial score (nSPS) is 11.3. The van der Waals surface area contributed by atoms with Crippen LogP contribution in [-0.2, 0) is 16.1 Å². The number of carbonyl (C=O) groups is 2. The molecule has 2 aromatic carbocycles. The Balaban J connectivity index is 2.07. The number of benzene rings is 2. The van der Waals surface area contributed by atoms with Gasteiger partial charge in [-0.3, -0.25) is 14.9 Å². The molecule has 1 N–H and O–H groups in total. The van der Waals surface area contributed by atoms with Gasteiger partial charge in [0.2, 0.25) is 0 Å². The molecule has 1 amide bonds. The Bertz CT molecular complexity index is 873. The van der Waals surface area contributed by atoms with Crippen molar-refractivity contribution in [3.63, 3.8) is 0 Å². The Morgan fingerprint density at radius 3 is 2.52 bits per heavy atom. The van der Waals surface area contributed by atoms with Crippen LogP contribution in [0.15, 0.2) is 54.6 Å². The fraction of sp³-hybridized carbons (Fsp3) is 0.375. The summed E-state index contributed by atoms with van der Waals surface area (Å²) in [6, 6.07) is 16.7. The van der Waals surface area contributed by atoms with Crippen molar-refractivity contribution in [3.05, 3.63) is 65.7 Å². The van der Waals surface area contributed by atoms with Gasteiger partial charge in [0, 0.05) is 18.7 Å². The van der Waals surface area contributed by atoms with E-state index >= 15 is 0 Å². The Morgan fingerprint density at radius 2 is 1.84 bits per heavy atom. The first-order valence-corrected chi connectivity index (χ1v) is 10.9. The van der Waals surface area contributed by atoms with E-state index in [2.05, 4.69) is 5.32 Å². The molecule has 1 unspecified atom stereocenters. The molecule has 6 nitrogen and oxygen atoms in total. The van der Waals surface area contributed by atoms with E-state index in [4.69, 9.17) is 21.7 Å². The second-order valence-corrected chi connectivity index (χ2v) is 7.47. The van der Waals surface area contributed by atoms with Crippen LogP contribution in [0.3, 0.4) is 0 Å². The molecule has 7 heteroatoms. The van der Waals surface area contributed by atoms with Crippen LogP contribution in [0.25, 0.3) is 0 Å². The molecule has 0 saturated heterocycles. The topological polar surface area (TPSA) is 67.9 Å². The van der Waals surface area contributed by atoms with E-state index in [1.807, 2.05) is 50.2 Å². The summed E-state index contributed by atoms with van der Waals surface area (Å²) in [5.41, 5.74) is 1.47. The smallest absolute Gasteiger partial charge is 0.307 e. The van der Waals surface area contributed by atoms with E-state index in [0.717, 1.165) is 12.0 Å². The molecule has 0 bridgehead atoms. The lowest BCUT2D eigenvalue weighted by Crippen LogP contribution is -2.43. The maximum absolute atomic E-state index is 12.8. The average Bonchev–Trinajstić information content (AvgIpc) is 2.77. The highest BCUT2D eigenvalue weighted by molar-refractivity contribution is 7.80. The lowest BCUT2D eigenvalue weighted by molar-refractivity contribution is -0.143. The minimum absolute atomic E-state index is 0.0589. The summed E-state index contributed by atoms with van der Waals surface area (Å²) >= 11 is 5.50. The van der Waals surface area contributed by atoms with Crippen LogP contribution in [0.5, 0.6) is 5.75 Å². The van der Waals surface area contributed by atoms with E-state index in [-0.39, 0.29) is 29.5 Å². The number of hydrogen-bond acceptors (Lipinski definition) is 5. The fourth-order valence-corrected chi connectivity index (χ4v) is 3.04. The van der Waals surface area contributed by atoms with Gasteiger partial charge in [0.05, 0.1) is 19.1 Å². The number of esters is 1. The highest BCUT2D eigenvalue weighted by atomic mass is 32.1. The maximum atomic E-state index is 12.8. The van der Waals surface area contributed by atoms with Crippen molar-refractivity contribution in [2.75, 3.05) is 13.2 Å². The molecule has 31 heavy (non-hydrogen) atoms. The van der Waals surface area contributed by atoms with Gasteiger partial charge >= 0.3 is 5.97 Å². The number of rotatable bonds is 10. The molecule has 0 heterocycles. The first kappa shape index (κ1) is 24.3. The number of carbonyl (C=O) groups excluding carboxylic acids is 2. The highest BCUT2D eigenvalue weighted by Crippen LogP contribution is 2.16. The van der Waals surface area contributed by atoms with Crippen molar-refractivity contribution in [3.8, 4) is 5.75 Å². The molecular weight excluding hydrogens is 412 g/mol. The molecule has 0 radical (unpaired) electrons. The lowest BCUT2D eigenvalue weighted by atomic mass is 10.2. The van der Waals surface area contributed by atoms with Crippen molar-refractivity contribution >= 4 is 29.2 Å². The third-order valence-electron chi connectivity index (χ3n) is 4.62. The van der Waals surface area contributed by atoms with Crippen LogP contribution < -0.4 is 10.1 Å². The first-order chi connectivity index (χ1) is 14.9. The summed E-state index contributed by atoms with van der Waals surface area (Å²) in [5, 5.41) is 3.03. The first-order valence-electron chi connectivity index (χ1n) is 10.5. The van der Waals surface area contributed by atoms with E-state index in [1.165, 1.54) is 0 Å². The summed E-state index contributed by atoms with van der Waals surface area (Å²) in [6.45, 7) is 6.92. The van der Waals surface area contributed by atoms with E-state index < -0.39 is 0 Å². The van der Waals surface area contributed by atoms with Gasteiger partial charge in [-0.2, -0.15) is 0 Å². The summed E-state index contributed by atoms with van der Waals surface area (Å²) in [7, 11) is 0. The maximum Gasteiger partial charge on any atom is 0.307 e. The minimum atomic E-state index is -0.325. The number of amides is 1. The van der Waals surface area contributed by atoms with Crippen LogP contribution in [0, 0.1) is 0 Å². The molecule has 0 spiro atoms. The molecule has 0 aromatic heterocycles. The Kier molecular flexibility index (Phi) is 9.97. The molecule has 0 saturated carbocycles. The van der Waals surface area contributed by atoms with Crippen LogP contribution in [0.4, 0.5) is 0 Å². The molecule has 1 atom stereocenters. The molecule has 0 aliphatic carbocycles. The minimum Gasteiger partial charge on any atom is -0.491 e. The summed E-state index contributed by atoms with van der Waals surface area (Å²) in [6.07, 6.45) is 1.10. The highest BCUT2D eigenvalue weighted by Gasteiger charge is 2.17. The zero-order valence-electron chi connectivity index (χ0n) is 18.3. The predicted molar refractivity (Wildman–Crippen MR) is 125 cm³/mol. The predicted octanol–water partition coefficient (Wildman–Crippen LogP) is 4.33. The molecular formula is C24H30N2O4S. The second-order valence-electron chi connectivity index (χ2n) is 7.09. The van der Waals surface area contributed by atoms with Gasteiger partial charge < -0.3 is 14.4 Å². The number of nitrogens with one attached hydrogen (secondary N) is 1. The number of hydrogen-bond donors (Lipinski definition) is 1. The molecule has 0 aliphatic heterocycles. The van der Waals surface area contributed by atoms with Crippen molar-refractivity contribution in [1.82, 2.24) is 10.2 Å². The average molecular weight is 443 g/mol. The monoisotopic (exact) mass is 442 g/mol. The number of thiocarbonyl (C=S) groups is 1. The Labute approximate surface area is 189 Å². The zero-order chi connectivity index (χ0) is 22.6. The molecule has 166 valence electrons. The van der Waals surface area contributed by atoms with Crippen molar-refractivity contribution < 1.29 is 19.1 Å². The largest absolute Gasteiger partial charge is 0.491 e. The fourth-order valence-electron chi connectivity index (χ4n) is 2.79. The van der Waals surface area contributed by atoms with Gasteiger partial charge in [-0.15, -0.1) is 0 Å². The van der Waals surface area contributed by atoms with Gasteiger partial charge in [-0.05, 0) is 56.2 Å². The SMILES string of the molecule is CCOC(=O)CCN(Cc1ccccc1)C(=S)NC(=O)c1cccc(OC(C)CC)c1. The van der Waals surface area contributed by atoms with E-state index in [9.17, 15) is 9.59 Å². The van der Waals surface area contributed by atoms with Crippen molar-refractivity contribution in [1.29, 1.82) is 0 Å². The van der Waals surface area contributed by atoms with Gasteiger partial charge in [-0.1, -0.05) is 43.3 Å². The van der Waals surface area contributed by atoms with Crippen LogP contribution in [0.2, 0.25) is 0 Å². The van der Waals surface area contributed by atoms with Crippen LogP contribution in [0.1, 0.15) is 49.5 Å². The van der Waals surface area contributed by atoms with Crippen LogP contribution >= 0.6 is 12.2 Å². The Morgan fingerprint density at radius 1 is 1.10 bits per heavy atom. The van der Waals surface area contributed by atoms with Gasteiger partial charge in [0.15, 0.2) is 5.11 Å². The van der Waals surface area contributed by atoms with E-state index in [1.54, 1.807) is 30.0 Å². The Hall–Kier alpha value is -2.93. The van der Waals surface area contributed by atoms with Crippen molar-refractivity contribution in [2.24, 2.45) is 0 Å². The summed E-state index contributed by atoms with van der Waals surface area (Å²) < 4.78 is 10.8. The zero-order valence-corrected chi connectivity index (χ0v) is 19.1. The lowest BCUT2D eigenvalue weighted by Gasteiger charge is -2.25. The number of ether oxygens (including phenoxy) is 2. The van der Waals surface area contributed by atoms with Gasteiger partial charge in [0.1, 0.15) is 5.75 Å². The second kappa shape index (κ2) is 12.7. The summed E-state index contributed by atoms with van der Waals surface area (Å²) in [5.74, 6) is 0.00903. The van der Waals surface area contributed by atoms with Crippen LogP contribution in [-0.4, -0.2) is 41.1 Å². The van der Waals surface area contributed by atoms with Gasteiger partial charge in [0.25, 0.3) is 5.91 Å². The third kappa shape index (κ3) is 8.38. The molecule has 0 fully saturated rings.